The van der Waals surface area contributed by atoms with Crippen LogP contribution in [-0.4, -0.2) is 54.3 Å². The van der Waals surface area contributed by atoms with E-state index in [4.69, 9.17) is 13.8 Å². The monoisotopic (exact) mass is 784 g/mol. The minimum atomic E-state index is -4.42. The number of ether oxygens (including phenoxy) is 1. The van der Waals surface area contributed by atoms with Crippen molar-refractivity contribution in [3.63, 3.8) is 0 Å². The molecule has 54 heavy (non-hydrogen) atoms. The predicted octanol–water partition coefficient (Wildman–Crippen LogP) is 12.2. The van der Waals surface area contributed by atoms with Crippen LogP contribution in [0.3, 0.4) is 0 Å². The van der Waals surface area contributed by atoms with E-state index in [1.807, 2.05) is 0 Å². The van der Waals surface area contributed by atoms with Gasteiger partial charge in [0, 0.05) is 19.4 Å². The van der Waals surface area contributed by atoms with Crippen molar-refractivity contribution >= 4 is 19.7 Å². The molecule has 10 heteroatoms. The number of amides is 1. The highest BCUT2D eigenvalue weighted by Crippen LogP contribution is 2.42. The standard InChI is InChI=1S/C44H82NO8P/c1-3-5-7-9-11-13-15-17-19-20-21-22-23-25-27-29-31-33-35-37-44(48)51-40-42(46)41-53-54(49,50)52-39-38-45-43(47)36-34-32-30-28-26-24-18-16-14-12-10-8-6-4-2/h11,13,16-19,42,46H,3-10,12,14-15,20-41H2,1-2H3,(H,45,47)(H,49,50)/b13-11-,18-16-,19-17-. The van der Waals surface area contributed by atoms with Gasteiger partial charge in [-0.3, -0.25) is 18.6 Å². The van der Waals surface area contributed by atoms with E-state index in [1.165, 1.54) is 116 Å². The molecular formula is C44H82NO8P. The number of esters is 1. The van der Waals surface area contributed by atoms with E-state index < -0.39 is 26.5 Å². The zero-order valence-electron chi connectivity index (χ0n) is 34.7. The van der Waals surface area contributed by atoms with E-state index in [9.17, 15) is 24.2 Å². The predicted molar refractivity (Wildman–Crippen MR) is 224 cm³/mol. The van der Waals surface area contributed by atoms with E-state index in [0.29, 0.717) is 6.42 Å². The molecule has 0 bridgehead atoms. The Kier molecular flexibility index (Phi) is 39.5. The molecule has 0 saturated heterocycles. The van der Waals surface area contributed by atoms with Gasteiger partial charge < -0.3 is 20.1 Å². The summed E-state index contributed by atoms with van der Waals surface area (Å²) in [6.45, 7) is 3.51. The Morgan fingerprint density at radius 3 is 1.54 bits per heavy atom. The fraction of sp³-hybridized carbons (Fsp3) is 0.818. The van der Waals surface area contributed by atoms with Crippen LogP contribution in [0.15, 0.2) is 36.5 Å². The number of aliphatic hydroxyl groups is 1. The molecular weight excluding hydrogens is 701 g/mol. The first-order chi connectivity index (χ1) is 26.3. The highest BCUT2D eigenvalue weighted by atomic mass is 31.2. The summed E-state index contributed by atoms with van der Waals surface area (Å²) in [6.07, 6.45) is 45.0. The van der Waals surface area contributed by atoms with E-state index in [1.54, 1.807) is 0 Å². The zero-order chi connectivity index (χ0) is 39.6. The zero-order valence-corrected chi connectivity index (χ0v) is 35.6. The van der Waals surface area contributed by atoms with E-state index in [2.05, 4.69) is 55.6 Å². The van der Waals surface area contributed by atoms with Gasteiger partial charge in [-0.15, -0.1) is 0 Å². The number of unbranched alkanes of at least 4 members (excludes halogenated alkanes) is 22. The van der Waals surface area contributed by atoms with E-state index in [-0.39, 0.29) is 32.1 Å². The van der Waals surface area contributed by atoms with Crippen molar-refractivity contribution in [1.29, 1.82) is 0 Å². The van der Waals surface area contributed by atoms with Gasteiger partial charge in [0.25, 0.3) is 0 Å². The van der Waals surface area contributed by atoms with Gasteiger partial charge in [-0.05, 0) is 70.6 Å². The first-order valence-corrected chi connectivity index (χ1v) is 23.5. The molecule has 3 N–H and O–H groups in total. The van der Waals surface area contributed by atoms with Crippen LogP contribution in [-0.2, 0) is 27.9 Å². The molecule has 0 heterocycles. The van der Waals surface area contributed by atoms with Crippen molar-refractivity contribution in [2.45, 2.75) is 206 Å². The maximum absolute atomic E-state index is 12.1. The van der Waals surface area contributed by atoms with Gasteiger partial charge in [-0.25, -0.2) is 4.57 Å². The molecule has 0 aromatic rings. The Morgan fingerprint density at radius 2 is 1.00 bits per heavy atom. The normalized spacial score (nSPS) is 13.6. The number of carbonyl (C=O) groups is 2. The van der Waals surface area contributed by atoms with Crippen LogP contribution in [0.2, 0.25) is 0 Å². The van der Waals surface area contributed by atoms with Crippen molar-refractivity contribution in [2.24, 2.45) is 0 Å². The summed E-state index contributed by atoms with van der Waals surface area (Å²) in [5.74, 6) is -0.528. The first-order valence-electron chi connectivity index (χ1n) is 22.0. The highest BCUT2D eigenvalue weighted by molar-refractivity contribution is 7.47. The summed E-state index contributed by atoms with van der Waals surface area (Å²) in [7, 11) is -4.42. The minimum absolute atomic E-state index is 0.0772. The first kappa shape index (κ1) is 52.2. The lowest BCUT2D eigenvalue weighted by Crippen LogP contribution is -2.27. The lowest BCUT2D eigenvalue weighted by atomic mass is 10.1. The average Bonchev–Trinajstić information content (AvgIpc) is 3.16. The number of allylic oxidation sites excluding steroid dienone is 6. The summed E-state index contributed by atoms with van der Waals surface area (Å²) >= 11 is 0. The molecule has 0 saturated carbocycles. The van der Waals surface area contributed by atoms with Gasteiger partial charge in [0.1, 0.15) is 12.7 Å². The van der Waals surface area contributed by atoms with Gasteiger partial charge in [0.15, 0.2) is 0 Å². The molecule has 0 aliphatic carbocycles. The van der Waals surface area contributed by atoms with Crippen LogP contribution in [0.1, 0.15) is 200 Å². The quantitative estimate of drug-likeness (QED) is 0.0242. The summed E-state index contributed by atoms with van der Waals surface area (Å²) < 4.78 is 26.9. The number of phosphoric ester groups is 1. The second-order valence-electron chi connectivity index (χ2n) is 14.7. The number of nitrogens with one attached hydrogen (secondary N) is 1. The molecule has 316 valence electrons. The SMILES string of the molecule is CCCCC/C=C\C/C=C\CCCCCCCCCCCC(=O)OCC(O)COP(=O)(O)OCCNC(=O)CCCCCCC/C=C\CCCCCCC. The molecule has 0 aromatic carbocycles. The lowest BCUT2D eigenvalue weighted by molar-refractivity contribution is -0.147. The van der Waals surface area contributed by atoms with Gasteiger partial charge in [-0.1, -0.05) is 153 Å². The third-order valence-corrected chi connectivity index (χ3v) is 10.3. The summed E-state index contributed by atoms with van der Waals surface area (Å²) in [6, 6.07) is 0. The van der Waals surface area contributed by atoms with Crippen molar-refractivity contribution in [1.82, 2.24) is 5.32 Å². The molecule has 0 aliphatic heterocycles. The number of aliphatic hydroxyl groups excluding tert-OH is 1. The molecule has 0 spiro atoms. The average molecular weight is 784 g/mol. The molecule has 0 rings (SSSR count). The van der Waals surface area contributed by atoms with Gasteiger partial charge in [-0.2, -0.15) is 0 Å². The Morgan fingerprint density at radius 1 is 0.574 bits per heavy atom. The molecule has 0 radical (unpaired) electrons. The van der Waals surface area contributed by atoms with Gasteiger partial charge in [0.2, 0.25) is 5.91 Å². The molecule has 2 unspecified atom stereocenters. The minimum Gasteiger partial charge on any atom is -0.463 e. The molecule has 1 amide bonds. The van der Waals surface area contributed by atoms with Crippen LogP contribution >= 0.6 is 7.82 Å². The second-order valence-corrected chi connectivity index (χ2v) is 16.1. The number of hydrogen-bond donors (Lipinski definition) is 3. The molecule has 0 aromatic heterocycles. The number of carbonyl (C=O) groups excluding carboxylic acids is 2. The van der Waals surface area contributed by atoms with Gasteiger partial charge in [0.05, 0.1) is 13.2 Å². The third kappa shape index (κ3) is 41.4. The molecule has 2 atom stereocenters. The van der Waals surface area contributed by atoms with Crippen molar-refractivity contribution in [3.05, 3.63) is 36.5 Å². The summed E-state index contributed by atoms with van der Waals surface area (Å²) in [4.78, 5) is 33.9. The fourth-order valence-corrected chi connectivity index (χ4v) is 6.69. The number of phosphoric acid groups is 1. The fourth-order valence-electron chi connectivity index (χ4n) is 5.93. The van der Waals surface area contributed by atoms with Crippen molar-refractivity contribution < 1.29 is 37.9 Å². The van der Waals surface area contributed by atoms with Crippen LogP contribution in [0.25, 0.3) is 0 Å². The van der Waals surface area contributed by atoms with Crippen LogP contribution < -0.4 is 5.32 Å². The summed E-state index contributed by atoms with van der Waals surface area (Å²) in [5, 5.41) is 12.7. The lowest BCUT2D eigenvalue weighted by Gasteiger charge is -2.15. The number of hydrogen-bond acceptors (Lipinski definition) is 7. The topological polar surface area (TPSA) is 131 Å². The maximum atomic E-state index is 12.1. The Labute approximate surface area is 331 Å². The second kappa shape index (κ2) is 40.9. The third-order valence-electron chi connectivity index (χ3n) is 9.29. The van der Waals surface area contributed by atoms with Crippen LogP contribution in [0, 0.1) is 0 Å². The Balaban J connectivity index is 3.60. The summed E-state index contributed by atoms with van der Waals surface area (Å²) in [5.41, 5.74) is 0. The highest BCUT2D eigenvalue weighted by Gasteiger charge is 2.23. The van der Waals surface area contributed by atoms with Gasteiger partial charge >= 0.3 is 13.8 Å². The van der Waals surface area contributed by atoms with E-state index in [0.717, 1.165) is 57.8 Å². The van der Waals surface area contributed by atoms with Crippen LogP contribution in [0.4, 0.5) is 0 Å². The van der Waals surface area contributed by atoms with Crippen LogP contribution in [0.5, 0.6) is 0 Å². The van der Waals surface area contributed by atoms with Crippen molar-refractivity contribution in [2.75, 3.05) is 26.4 Å². The van der Waals surface area contributed by atoms with E-state index >= 15 is 0 Å². The molecule has 0 fully saturated rings. The van der Waals surface area contributed by atoms with Crippen molar-refractivity contribution in [3.8, 4) is 0 Å². The maximum Gasteiger partial charge on any atom is 0.472 e. The largest absolute Gasteiger partial charge is 0.472 e. The smallest absolute Gasteiger partial charge is 0.463 e. The number of rotatable bonds is 41. The Hall–Kier alpha value is -1.77. The Bertz CT molecular complexity index is 986. The molecule has 0 aliphatic rings. The molecule has 9 nitrogen and oxygen atoms in total.